The molecule has 8 nitrogen and oxygen atoms in total. The van der Waals surface area contributed by atoms with Gasteiger partial charge in [0.2, 0.25) is 5.78 Å². The number of nitrogens with zero attached hydrogens (tertiary/aromatic N) is 6. The number of hydrogen-bond donors (Lipinski definition) is 2. The Hall–Kier alpha value is -3.33. The number of benzene rings is 1. The van der Waals surface area contributed by atoms with Crippen LogP contribution in [0.3, 0.4) is 0 Å². The Balaban J connectivity index is 1.52. The largest absolute Gasteiger partial charge is 0.507 e. The summed E-state index contributed by atoms with van der Waals surface area (Å²) >= 11 is 0. The summed E-state index contributed by atoms with van der Waals surface area (Å²) in [7, 11) is 0. The summed E-state index contributed by atoms with van der Waals surface area (Å²) in [4.78, 5) is 10.6. The van der Waals surface area contributed by atoms with E-state index in [9.17, 15) is 5.11 Å². The second-order valence-corrected chi connectivity index (χ2v) is 9.83. The minimum atomic E-state index is -0.343. The number of rotatable bonds is 3. The first-order valence-electron chi connectivity index (χ1n) is 10.6. The molecule has 32 heavy (non-hydrogen) atoms. The predicted molar refractivity (Wildman–Crippen MR) is 118 cm³/mol. The van der Waals surface area contributed by atoms with Crippen LogP contribution >= 0.6 is 0 Å². The van der Waals surface area contributed by atoms with Gasteiger partial charge in [-0.1, -0.05) is 0 Å². The summed E-state index contributed by atoms with van der Waals surface area (Å²) in [5, 5.41) is 22.3. The van der Waals surface area contributed by atoms with E-state index in [0.29, 0.717) is 28.4 Å². The number of aromatic nitrogens is 6. The molecule has 4 aromatic rings. The van der Waals surface area contributed by atoms with Gasteiger partial charge in [-0.15, -0.1) is 0 Å². The molecule has 0 bridgehead atoms. The summed E-state index contributed by atoms with van der Waals surface area (Å²) in [6, 6.07) is 5.10. The van der Waals surface area contributed by atoms with Crippen LogP contribution in [0.4, 0.5) is 4.39 Å². The monoisotopic (exact) mass is 435 g/mol. The quantitative estimate of drug-likeness (QED) is 0.508. The number of phenolic OH excluding ortho intramolecular Hbond substituents is 1. The Kier molecular flexibility index (Phi) is 4.56. The van der Waals surface area contributed by atoms with Crippen molar-refractivity contribution >= 4 is 5.78 Å². The molecule has 0 radical (unpaired) electrons. The number of hydrogen-bond acceptors (Lipinski definition) is 6. The lowest BCUT2D eigenvalue weighted by atomic mass is 9.74. The van der Waals surface area contributed by atoms with Gasteiger partial charge >= 0.3 is 0 Å². The molecule has 4 heterocycles. The van der Waals surface area contributed by atoms with Crippen molar-refractivity contribution in [2.75, 3.05) is 0 Å². The standard InChI is InChI=1S/C23H26FN7O/c1-22(2)10-14(11-23(3,4)29-22)20-17(24)12-30-13-18(27-21(30)28-20)16-6-5-15(9-19(16)32)31-25-7-8-26-31/h5-9,12-14,29,32H,10-11H2,1-4H3. The minimum absolute atomic E-state index is 0.0133. The van der Waals surface area contributed by atoms with Crippen LogP contribution in [0.1, 0.15) is 52.1 Å². The molecule has 0 amide bonds. The van der Waals surface area contributed by atoms with Crippen molar-refractivity contribution in [3.05, 3.63) is 54.5 Å². The smallest absolute Gasteiger partial charge is 0.234 e. The normalized spacial score (nSPS) is 18.3. The number of phenols is 1. The third-order valence-electron chi connectivity index (χ3n) is 5.91. The SMILES string of the molecule is CC1(C)CC(c2nc3nc(-c4ccc(-n5nccn5)cc4O)cn3cc2F)CC(C)(C)N1. The van der Waals surface area contributed by atoms with Gasteiger partial charge in [0, 0.05) is 41.0 Å². The highest BCUT2D eigenvalue weighted by atomic mass is 19.1. The first-order chi connectivity index (χ1) is 15.1. The second kappa shape index (κ2) is 7.09. The minimum Gasteiger partial charge on any atom is -0.507 e. The van der Waals surface area contributed by atoms with E-state index >= 15 is 4.39 Å². The molecule has 1 aliphatic rings. The zero-order chi connectivity index (χ0) is 22.7. The Labute approximate surface area is 185 Å². The maximum atomic E-state index is 15.1. The fourth-order valence-electron chi connectivity index (χ4n) is 5.05. The van der Waals surface area contributed by atoms with Crippen LogP contribution in [0.5, 0.6) is 5.75 Å². The van der Waals surface area contributed by atoms with Gasteiger partial charge in [-0.3, -0.25) is 4.40 Å². The van der Waals surface area contributed by atoms with E-state index in [2.05, 4.69) is 53.2 Å². The molecule has 3 aromatic heterocycles. The van der Waals surface area contributed by atoms with Gasteiger partial charge in [-0.2, -0.15) is 15.0 Å². The number of piperidine rings is 1. The topological polar surface area (TPSA) is 93.2 Å². The van der Waals surface area contributed by atoms with E-state index < -0.39 is 0 Å². The molecule has 1 saturated heterocycles. The molecule has 9 heteroatoms. The molecule has 1 fully saturated rings. The first kappa shape index (κ1) is 20.6. The molecule has 5 rings (SSSR count). The van der Waals surface area contributed by atoms with Gasteiger partial charge in [-0.05, 0) is 52.7 Å². The fraction of sp³-hybridized carbons (Fsp3) is 0.391. The number of imidazole rings is 1. The van der Waals surface area contributed by atoms with Gasteiger partial charge in [0.25, 0.3) is 0 Å². The van der Waals surface area contributed by atoms with Crippen LogP contribution in [0, 0.1) is 5.82 Å². The molecule has 1 aromatic carbocycles. The summed E-state index contributed by atoms with van der Waals surface area (Å²) in [5.74, 6) is 0.0819. The molecule has 0 aliphatic carbocycles. The van der Waals surface area contributed by atoms with Crippen LogP contribution < -0.4 is 5.32 Å². The fourth-order valence-corrected chi connectivity index (χ4v) is 5.05. The van der Waals surface area contributed by atoms with Crippen molar-refractivity contribution in [2.24, 2.45) is 0 Å². The highest BCUT2D eigenvalue weighted by Crippen LogP contribution is 2.39. The van der Waals surface area contributed by atoms with E-state index in [1.165, 1.54) is 11.0 Å². The van der Waals surface area contributed by atoms with Gasteiger partial charge in [0.1, 0.15) is 5.75 Å². The first-order valence-corrected chi connectivity index (χ1v) is 10.6. The number of halogens is 1. The van der Waals surface area contributed by atoms with Crippen molar-refractivity contribution < 1.29 is 9.50 Å². The molecule has 0 atom stereocenters. The van der Waals surface area contributed by atoms with Crippen LogP contribution in [0.15, 0.2) is 43.0 Å². The Morgan fingerprint density at radius 3 is 2.38 bits per heavy atom. The summed E-state index contributed by atoms with van der Waals surface area (Å²) in [6.07, 6.45) is 7.80. The molecule has 1 aliphatic heterocycles. The van der Waals surface area contributed by atoms with E-state index in [0.717, 1.165) is 12.8 Å². The Morgan fingerprint density at radius 2 is 1.72 bits per heavy atom. The lowest BCUT2D eigenvalue weighted by molar-refractivity contribution is 0.158. The van der Waals surface area contributed by atoms with Crippen molar-refractivity contribution in [1.29, 1.82) is 0 Å². The molecule has 0 saturated carbocycles. The molecular weight excluding hydrogens is 409 g/mol. The van der Waals surface area contributed by atoms with Crippen LogP contribution in [-0.4, -0.2) is 45.5 Å². The molecule has 0 unspecified atom stereocenters. The van der Waals surface area contributed by atoms with Crippen LogP contribution in [0.2, 0.25) is 0 Å². The van der Waals surface area contributed by atoms with Crippen molar-refractivity contribution in [2.45, 2.75) is 57.5 Å². The zero-order valence-electron chi connectivity index (χ0n) is 18.5. The average molecular weight is 436 g/mol. The summed E-state index contributed by atoms with van der Waals surface area (Å²) < 4.78 is 16.7. The maximum absolute atomic E-state index is 15.1. The molecule has 0 spiro atoms. The Morgan fingerprint density at radius 1 is 1.03 bits per heavy atom. The van der Waals surface area contributed by atoms with Gasteiger partial charge in [0.15, 0.2) is 5.82 Å². The predicted octanol–water partition coefficient (Wildman–Crippen LogP) is 3.85. The summed E-state index contributed by atoms with van der Waals surface area (Å²) in [5.41, 5.74) is 1.87. The zero-order valence-corrected chi connectivity index (χ0v) is 18.5. The van der Waals surface area contributed by atoms with E-state index in [-0.39, 0.29) is 28.6 Å². The lowest BCUT2D eigenvalue weighted by Crippen LogP contribution is -2.57. The van der Waals surface area contributed by atoms with Gasteiger partial charge in [0.05, 0.1) is 29.5 Å². The molecule has 2 N–H and O–H groups in total. The van der Waals surface area contributed by atoms with Crippen LogP contribution in [0.25, 0.3) is 22.7 Å². The molecule has 166 valence electrons. The summed E-state index contributed by atoms with van der Waals surface area (Å²) in [6.45, 7) is 8.54. The number of nitrogens with one attached hydrogen (secondary N) is 1. The van der Waals surface area contributed by atoms with Gasteiger partial charge < -0.3 is 10.4 Å². The lowest BCUT2D eigenvalue weighted by Gasteiger charge is -2.46. The van der Waals surface area contributed by atoms with Gasteiger partial charge in [-0.25, -0.2) is 14.4 Å². The second-order valence-electron chi connectivity index (χ2n) is 9.83. The number of fused-ring (bicyclic) bond motifs is 1. The highest BCUT2D eigenvalue weighted by molar-refractivity contribution is 5.70. The third kappa shape index (κ3) is 3.73. The van der Waals surface area contributed by atoms with Crippen molar-refractivity contribution in [3.8, 4) is 22.7 Å². The van der Waals surface area contributed by atoms with Crippen LogP contribution in [-0.2, 0) is 0 Å². The van der Waals surface area contributed by atoms with E-state index in [1.54, 1.807) is 41.2 Å². The maximum Gasteiger partial charge on any atom is 0.234 e. The highest BCUT2D eigenvalue weighted by Gasteiger charge is 2.39. The van der Waals surface area contributed by atoms with E-state index in [4.69, 9.17) is 0 Å². The number of aromatic hydroxyl groups is 1. The third-order valence-corrected chi connectivity index (χ3v) is 5.91. The average Bonchev–Trinajstić information content (AvgIpc) is 3.34. The van der Waals surface area contributed by atoms with E-state index in [1.807, 2.05) is 0 Å². The van der Waals surface area contributed by atoms with Crippen molar-refractivity contribution in [3.63, 3.8) is 0 Å². The Bertz CT molecular complexity index is 1280. The van der Waals surface area contributed by atoms with Crippen molar-refractivity contribution in [1.82, 2.24) is 34.7 Å². The molecular formula is C23H26FN7O.